The summed E-state index contributed by atoms with van der Waals surface area (Å²) in [5.74, 6) is 0.179. The van der Waals surface area contributed by atoms with Gasteiger partial charge in [0.25, 0.3) is 0 Å². The Morgan fingerprint density at radius 2 is 2.15 bits per heavy atom. The highest BCUT2D eigenvalue weighted by Crippen LogP contribution is 2.47. The molecule has 0 aliphatic carbocycles. The predicted molar refractivity (Wildman–Crippen MR) is 105 cm³/mol. The number of nitrogens with one attached hydrogen (secondary N) is 1. The Hall–Kier alpha value is -1.86. The number of esters is 1. The molecule has 1 aliphatic heterocycles. The van der Waals surface area contributed by atoms with Crippen molar-refractivity contribution < 1.29 is 9.53 Å². The van der Waals surface area contributed by atoms with E-state index in [0.717, 1.165) is 10.7 Å². The summed E-state index contributed by atoms with van der Waals surface area (Å²) < 4.78 is 5.82. The van der Waals surface area contributed by atoms with Crippen molar-refractivity contribution in [1.29, 1.82) is 0 Å². The average molecular weight is 389 g/mol. The Morgan fingerprint density at radius 3 is 2.70 bits per heavy atom. The molecular formula is C20H28N4O2S. The van der Waals surface area contributed by atoms with E-state index in [9.17, 15) is 4.79 Å². The van der Waals surface area contributed by atoms with Gasteiger partial charge in [-0.15, -0.1) is 11.3 Å². The molecule has 2 aromatic heterocycles. The van der Waals surface area contributed by atoms with Gasteiger partial charge < -0.3 is 4.74 Å². The molecule has 0 aromatic carbocycles. The van der Waals surface area contributed by atoms with Crippen LogP contribution in [0.1, 0.15) is 70.1 Å². The number of aromatic nitrogens is 3. The van der Waals surface area contributed by atoms with E-state index in [0.29, 0.717) is 18.8 Å². The molecule has 0 amide bonds. The van der Waals surface area contributed by atoms with Gasteiger partial charge in [0.05, 0.1) is 6.04 Å². The zero-order chi connectivity index (χ0) is 19.7. The number of rotatable bonds is 5. The molecule has 1 N–H and O–H groups in total. The number of thiazole rings is 1. The van der Waals surface area contributed by atoms with Gasteiger partial charge >= 0.3 is 5.97 Å². The van der Waals surface area contributed by atoms with Gasteiger partial charge in [-0.25, -0.2) is 15.0 Å². The zero-order valence-corrected chi connectivity index (χ0v) is 17.4. The van der Waals surface area contributed by atoms with Crippen molar-refractivity contribution in [2.24, 2.45) is 5.92 Å². The Kier molecular flexibility index (Phi) is 5.63. The molecule has 1 saturated heterocycles. The first-order valence-electron chi connectivity index (χ1n) is 9.37. The SMILES string of the molecule is CC(C)C[C@@]1(C(=O)OC(C)(C)C)C[C@H](c2ccncn2)[C@H](c2nccs2)N1. The highest BCUT2D eigenvalue weighted by Gasteiger charge is 2.53. The molecule has 0 radical (unpaired) electrons. The van der Waals surface area contributed by atoms with Crippen molar-refractivity contribution in [2.45, 2.75) is 70.6 Å². The maximum Gasteiger partial charge on any atom is 0.326 e. The smallest absolute Gasteiger partial charge is 0.326 e. The lowest BCUT2D eigenvalue weighted by atomic mass is 9.83. The van der Waals surface area contributed by atoms with Crippen LogP contribution in [0.2, 0.25) is 0 Å². The molecular weight excluding hydrogens is 360 g/mol. The molecule has 3 rings (SSSR count). The quantitative estimate of drug-likeness (QED) is 0.784. The van der Waals surface area contributed by atoms with Gasteiger partial charge in [-0.05, 0) is 45.6 Å². The third kappa shape index (κ3) is 4.52. The molecule has 0 bridgehead atoms. The van der Waals surface area contributed by atoms with Gasteiger partial charge in [0.15, 0.2) is 0 Å². The molecule has 6 nitrogen and oxygen atoms in total. The average Bonchev–Trinajstić information content (AvgIpc) is 3.21. The minimum Gasteiger partial charge on any atom is -0.459 e. The minimum atomic E-state index is -0.757. The number of hydrogen-bond donors (Lipinski definition) is 1. The van der Waals surface area contributed by atoms with Crippen molar-refractivity contribution in [2.75, 3.05) is 0 Å². The highest BCUT2D eigenvalue weighted by molar-refractivity contribution is 7.09. The molecule has 3 heterocycles. The summed E-state index contributed by atoms with van der Waals surface area (Å²) in [6.07, 6.45) is 6.43. The van der Waals surface area contributed by atoms with Crippen molar-refractivity contribution in [1.82, 2.24) is 20.3 Å². The van der Waals surface area contributed by atoms with E-state index in [1.54, 1.807) is 30.1 Å². The fraction of sp³-hybridized carbons (Fsp3) is 0.600. The Morgan fingerprint density at radius 1 is 1.37 bits per heavy atom. The number of carbonyl (C=O) groups excluding carboxylic acids is 1. The lowest BCUT2D eigenvalue weighted by Gasteiger charge is -2.33. The summed E-state index contributed by atoms with van der Waals surface area (Å²) in [4.78, 5) is 26.3. The van der Waals surface area contributed by atoms with E-state index in [-0.39, 0.29) is 17.9 Å². The maximum atomic E-state index is 13.3. The number of carbonyl (C=O) groups is 1. The summed E-state index contributed by atoms with van der Waals surface area (Å²) in [6, 6.07) is 1.85. The number of ether oxygens (including phenoxy) is 1. The van der Waals surface area contributed by atoms with Crippen LogP contribution in [-0.2, 0) is 9.53 Å². The molecule has 0 saturated carbocycles. The summed E-state index contributed by atoms with van der Waals surface area (Å²) in [5, 5.41) is 6.55. The van der Waals surface area contributed by atoms with Crippen molar-refractivity contribution >= 4 is 17.3 Å². The first-order valence-corrected chi connectivity index (χ1v) is 10.2. The van der Waals surface area contributed by atoms with Gasteiger partial charge in [-0.3, -0.25) is 10.1 Å². The molecule has 1 fully saturated rings. The summed E-state index contributed by atoms with van der Waals surface area (Å²) >= 11 is 1.59. The fourth-order valence-corrected chi connectivity index (χ4v) is 4.56. The summed E-state index contributed by atoms with van der Waals surface area (Å²) in [5.41, 5.74) is -0.369. The predicted octanol–water partition coefficient (Wildman–Crippen LogP) is 3.88. The van der Waals surface area contributed by atoms with Crippen molar-refractivity contribution in [3.8, 4) is 0 Å². The van der Waals surface area contributed by atoms with Crippen LogP contribution in [0.3, 0.4) is 0 Å². The topological polar surface area (TPSA) is 77.0 Å². The Labute approximate surface area is 164 Å². The van der Waals surface area contributed by atoms with E-state index in [1.165, 1.54) is 0 Å². The number of nitrogens with zero attached hydrogens (tertiary/aromatic N) is 3. The second-order valence-corrected chi connectivity index (χ2v) is 9.55. The summed E-state index contributed by atoms with van der Waals surface area (Å²) in [7, 11) is 0. The molecule has 2 aromatic rings. The zero-order valence-electron chi connectivity index (χ0n) is 16.6. The van der Waals surface area contributed by atoms with E-state index < -0.39 is 11.1 Å². The van der Waals surface area contributed by atoms with Gasteiger partial charge in [-0.2, -0.15) is 0 Å². The molecule has 3 atom stereocenters. The van der Waals surface area contributed by atoms with Crippen LogP contribution in [0.25, 0.3) is 0 Å². The number of hydrogen-bond acceptors (Lipinski definition) is 7. The second-order valence-electron chi connectivity index (χ2n) is 8.62. The summed E-state index contributed by atoms with van der Waals surface area (Å²) in [6.45, 7) is 9.98. The van der Waals surface area contributed by atoms with E-state index in [2.05, 4.69) is 34.1 Å². The fourth-order valence-electron chi connectivity index (χ4n) is 3.81. The lowest BCUT2D eigenvalue weighted by molar-refractivity contribution is -0.163. The normalized spacial score (nSPS) is 25.7. The van der Waals surface area contributed by atoms with Crippen LogP contribution in [0.15, 0.2) is 30.2 Å². The molecule has 146 valence electrons. The van der Waals surface area contributed by atoms with Crippen LogP contribution >= 0.6 is 11.3 Å². The Balaban J connectivity index is 2.00. The van der Waals surface area contributed by atoms with E-state index in [1.807, 2.05) is 32.2 Å². The first kappa shape index (κ1) is 19.9. The van der Waals surface area contributed by atoms with Gasteiger partial charge in [0.2, 0.25) is 0 Å². The van der Waals surface area contributed by atoms with Crippen LogP contribution in [0.5, 0.6) is 0 Å². The van der Waals surface area contributed by atoms with E-state index >= 15 is 0 Å². The standard InChI is InChI=1S/C20H28N4O2S/c1-13(2)10-20(18(25)26-19(3,4)5)11-14(15-6-7-21-12-23-15)16(24-20)17-22-8-9-27-17/h6-9,12-14,16,24H,10-11H2,1-5H3/t14-,16-,20+/m1/s1. The van der Waals surface area contributed by atoms with Gasteiger partial charge in [0.1, 0.15) is 22.5 Å². The highest BCUT2D eigenvalue weighted by atomic mass is 32.1. The molecule has 1 aliphatic rings. The lowest BCUT2D eigenvalue weighted by Crippen LogP contribution is -2.52. The van der Waals surface area contributed by atoms with Crippen LogP contribution < -0.4 is 5.32 Å². The maximum absolute atomic E-state index is 13.3. The van der Waals surface area contributed by atoms with Crippen molar-refractivity contribution in [3.63, 3.8) is 0 Å². The van der Waals surface area contributed by atoms with Crippen LogP contribution in [-0.4, -0.2) is 32.1 Å². The third-order valence-corrected chi connectivity index (χ3v) is 5.51. The molecule has 0 spiro atoms. The third-order valence-electron chi connectivity index (χ3n) is 4.65. The largest absolute Gasteiger partial charge is 0.459 e. The van der Waals surface area contributed by atoms with Crippen LogP contribution in [0.4, 0.5) is 0 Å². The Bertz CT molecular complexity index is 758. The van der Waals surface area contributed by atoms with Crippen LogP contribution in [0, 0.1) is 5.92 Å². The molecule has 27 heavy (non-hydrogen) atoms. The minimum absolute atomic E-state index is 0.0328. The second kappa shape index (κ2) is 7.64. The first-order chi connectivity index (χ1) is 12.7. The monoisotopic (exact) mass is 388 g/mol. The van der Waals surface area contributed by atoms with Crippen molar-refractivity contribution in [3.05, 3.63) is 40.9 Å². The van der Waals surface area contributed by atoms with E-state index in [4.69, 9.17) is 4.74 Å². The molecule has 0 unspecified atom stereocenters. The van der Waals surface area contributed by atoms with Gasteiger partial charge in [-0.1, -0.05) is 13.8 Å². The van der Waals surface area contributed by atoms with Gasteiger partial charge in [0, 0.05) is 29.4 Å². The molecule has 7 heteroatoms.